The Hall–Kier alpha value is -1.23. The van der Waals surface area contributed by atoms with E-state index in [-0.39, 0.29) is 5.82 Å². The van der Waals surface area contributed by atoms with Crippen molar-refractivity contribution in [2.75, 3.05) is 26.3 Å². The predicted molar refractivity (Wildman–Crippen MR) is 69.9 cm³/mol. The maximum atomic E-state index is 13.3. The van der Waals surface area contributed by atoms with Gasteiger partial charge >= 0.3 is 0 Å². The van der Waals surface area contributed by atoms with Gasteiger partial charge in [0.1, 0.15) is 5.82 Å². The summed E-state index contributed by atoms with van der Waals surface area (Å²) in [6.07, 6.45) is -0.840. The zero-order valence-electron chi connectivity index (χ0n) is 10.7. The van der Waals surface area contributed by atoms with Gasteiger partial charge in [-0.2, -0.15) is 0 Å². The highest BCUT2D eigenvalue weighted by atomic mass is 19.1. The first kappa shape index (κ1) is 14.8. The fraction of sp³-hybridized carbons (Fsp3) is 0.429. The first-order valence-corrected chi connectivity index (χ1v) is 5.96. The fourth-order valence-electron chi connectivity index (χ4n) is 1.48. The number of hydrogen-bond acceptors (Lipinski definition) is 3. The van der Waals surface area contributed by atoms with Crippen molar-refractivity contribution in [1.82, 2.24) is 5.32 Å². The van der Waals surface area contributed by atoms with E-state index in [1.54, 1.807) is 18.2 Å². The maximum absolute atomic E-state index is 13.3. The molecule has 1 aromatic rings. The lowest BCUT2D eigenvalue weighted by Gasteiger charge is -2.13. The highest BCUT2D eigenvalue weighted by Crippen LogP contribution is 2.15. The van der Waals surface area contributed by atoms with Crippen molar-refractivity contribution in [3.05, 3.63) is 47.8 Å². The van der Waals surface area contributed by atoms with Crippen molar-refractivity contribution in [3.63, 3.8) is 0 Å². The molecule has 0 aliphatic heterocycles. The van der Waals surface area contributed by atoms with Crippen LogP contribution in [0.15, 0.2) is 36.4 Å². The molecule has 18 heavy (non-hydrogen) atoms. The Balaban J connectivity index is 2.20. The Kier molecular flexibility index (Phi) is 6.57. The van der Waals surface area contributed by atoms with Crippen LogP contribution in [0.3, 0.4) is 0 Å². The van der Waals surface area contributed by atoms with Crippen LogP contribution >= 0.6 is 0 Å². The monoisotopic (exact) mass is 253 g/mol. The van der Waals surface area contributed by atoms with Crippen LogP contribution in [0.25, 0.3) is 0 Å². The summed E-state index contributed by atoms with van der Waals surface area (Å²) in [6.45, 7) is 7.61. The molecule has 0 bridgehead atoms. The highest BCUT2D eigenvalue weighted by molar-refractivity contribution is 5.19. The summed E-state index contributed by atoms with van der Waals surface area (Å²) in [7, 11) is 0. The normalized spacial score (nSPS) is 12.4. The van der Waals surface area contributed by atoms with Crippen LogP contribution in [0.5, 0.6) is 0 Å². The van der Waals surface area contributed by atoms with E-state index < -0.39 is 6.10 Å². The van der Waals surface area contributed by atoms with Gasteiger partial charge in [0.15, 0.2) is 0 Å². The molecule has 0 spiro atoms. The predicted octanol–water partition coefficient (Wildman–Crippen LogP) is 2.04. The first-order valence-electron chi connectivity index (χ1n) is 5.96. The Morgan fingerprint density at radius 2 is 2.22 bits per heavy atom. The molecule has 100 valence electrons. The Labute approximate surface area is 107 Å². The van der Waals surface area contributed by atoms with Crippen LogP contribution in [0, 0.1) is 5.82 Å². The van der Waals surface area contributed by atoms with Gasteiger partial charge in [-0.15, -0.1) is 0 Å². The molecule has 0 aliphatic carbocycles. The molecule has 0 fully saturated rings. The van der Waals surface area contributed by atoms with Crippen molar-refractivity contribution in [2.24, 2.45) is 0 Å². The van der Waals surface area contributed by atoms with Crippen molar-refractivity contribution in [3.8, 4) is 0 Å². The van der Waals surface area contributed by atoms with Crippen LogP contribution in [0.1, 0.15) is 18.6 Å². The standard InChI is InChI=1S/C14H20FNO2/c1-11(2)10-18-8-7-16-9-14(17)12-5-3-4-6-13(12)15/h3-6,14,16-17H,1,7-10H2,2H3. The molecule has 3 nitrogen and oxygen atoms in total. The van der Waals surface area contributed by atoms with Gasteiger partial charge in [-0.05, 0) is 13.0 Å². The van der Waals surface area contributed by atoms with Crippen LogP contribution in [0.4, 0.5) is 4.39 Å². The van der Waals surface area contributed by atoms with Gasteiger partial charge in [0.05, 0.1) is 19.3 Å². The zero-order valence-corrected chi connectivity index (χ0v) is 10.7. The SMILES string of the molecule is C=C(C)COCCNCC(O)c1ccccc1F. The molecule has 1 aromatic carbocycles. The minimum absolute atomic E-state index is 0.303. The van der Waals surface area contributed by atoms with E-state index in [9.17, 15) is 9.50 Å². The Morgan fingerprint density at radius 3 is 2.89 bits per heavy atom. The Morgan fingerprint density at radius 1 is 1.50 bits per heavy atom. The summed E-state index contributed by atoms with van der Waals surface area (Å²) < 4.78 is 18.6. The quantitative estimate of drug-likeness (QED) is 0.550. The third-order valence-corrected chi connectivity index (χ3v) is 2.37. The lowest BCUT2D eigenvalue weighted by Crippen LogP contribution is -2.25. The maximum Gasteiger partial charge on any atom is 0.129 e. The molecule has 0 heterocycles. The van der Waals surface area contributed by atoms with Gasteiger partial charge in [-0.3, -0.25) is 0 Å². The van der Waals surface area contributed by atoms with Gasteiger partial charge in [0.25, 0.3) is 0 Å². The minimum atomic E-state index is -0.840. The van der Waals surface area contributed by atoms with E-state index in [2.05, 4.69) is 11.9 Å². The number of aliphatic hydroxyl groups is 1. The zero-order chi connectivity index (χ0) is 13.4. The summed E-state index contributed by atoms with van der Waals surface area (Å²) in [6, 6.07) is 6.23. The molecular weight excluding hydrogens is 233 g/mol. The average molecular weight is 253 g/mol. The molecule has 1 atom stereocenters. The van der Waals surface area contributed by atoms with E-state index in [4.69, 9.17) is 4.74 Å². The van der Waals surface area contributed by atoms with Crippen LogP contribution in [0.2, 0.25) is 0 Å². The van der Waals surface area contributed by atoms with Gasteiger partial charge in [-0.1, -0.05) is 30.4 Å². The Bertz CT molecular complexity index is 382. The van der Waals surface area contributed by atoms with Crippen LogP contribution in [-0.2, 0) is 4.74 Å². The smallest absolute Gasteiger partial charge is 0.129 e. The van der Waals surface area contributed by atoms with Gasteiger partial charge in [0.2, 0.25) is 0 Å². The van der Waals surface area contributed by atoms with Crippen LogP contribution in [-0.4, -0.2) is 31.4 Å². The molecule has 4 heteroatoms. The molecule has 0 aromatic heterocycles. The molecule has 0 amide bonds. The lowest BCUT2D eigenvalue weighted by molar-refractivity contribution is 0.142. The summed E-state index contributed by atoms with van der Waals surface area (Å²) in [5, 5.41) is 12.8. The number of halogens is 1. The van der Waals surface area contributed by atoms with Gasteiger partial charge in [0, 0.05) is 18.7 Å². The fourth-order valence-corrected chi connectivity index (χ4v) is 1.48. The molecule has 0 radical (unpaired) electrons. The molecule has 2 N–H and O–H groups in total. The third-order valence-electron chi connectivity index (χ3n) is 2.37. The van der Waals surface area contributed by atoms with Crippen LogP contribution < -0.4 is 5.32 Å². The van der Waals surface area contributed by atoms with Crippen molar-refractivity contribution in [2.45, 2.75) is 13.0 Å². The molecule has 0 saturated heterocycles. The second-order valence-corrected chi connectivity index (χ2v) is 4.25. The highest BCUT2D eigenvalue weighted by Gasteiger charge is 2.10. The van der Waals surface area contributed by atoms with Crippen molar-refractivity contribution in [1.29, 1.82) is 0 Å². The van der Waals surface area contributed by atoms with E-state index >= 15 is 0 Å². The number of nitrogens with one attached hydrogen (secondary N) is 1. The van der Waals surface area contributed by atoms with Gasteiger partial charge in [-0.25, -0.2) is 4.39 Å². The van der Waals surface area contributed by atoms with Gasteiger partial charge < -0.3 is 15.2 Å². The largest absolute Gasteiger partial charge is 0.387 e. The topological polar surface area (TPSA) is 41.5 Å². The molecule has 0 saturated carbocycles. The van der Waals surface area contributed by atoms with E-state index in [1.165, 1.54) is 6.07 Å². The minimum Gasteiger partial charge on any atom is -0.387 e. The molecule has 0 aliphatic rings. The second kappa shape index (κ2) is 7.97. The lowest BCUT2D eigenvalue weighted by atomic mass is 10.1. The van der Waals surface area contributed by atoms with Crippen molar-refractivity contribution >= 4 is 0 Å². The second-order valence-electron chi connectivity index (χ2n) is 4.25. The van der Waals surface area contributed by atoms with E-state index in [1.807, 2.05) is 6.92 Å². The number of ether oxygens (including phenoxy) is 1. The van der Waals surface area contributed by atoms with E-state index in [0.29, 0.717) is 31.9 Å². The van der Waals surface area contributed by atoms with Crippen molar-refractivity contribution < 1.29 is 14.2 Å². The number of rotatable bonds is 8. The molecule has 1 unspecified atom stereocenters. The molecule has 1 rings (SSSR count). The van der Waals surface area contributed by atoms with E-state index in [0.717, 1.165) is 5.57 Å². The summed E-state index contributed by atoms with van der Waals surface area (Å²) in [5.41, 5.74) is 1.29. The molecular formula is C14H20FNO2. The first-order chi connectivity index (χ1) is 8.61. The summed E-state index contributed by atoms with van der Waals surface area (Å²) >= 11 is 0. The summed E-state index contributed by atoms with van der Waals surface area (Å²) in [4.78, 5) is 0. The number of hydrogen-bond donors (Lipinski definition) is 2. The average Bonchev–Trinajstić information content (AvgIpc) is 2.33. The summed E-state index contributed by atoms with van der Waals surface area (Å²) in [5.74, 6) is -0.384. The number of aliphatic hydroxyl groups excluding tert-OH is 1. The number of benzene rings is 1. The third kappa shape index (κ3) is 5.40.